The fourth-order valence-electron chi connectivity index (χ4n) is 2.01. The van der Waals surface area contributed by atoms with E-state index in [-0.39, 0.29) is 0 Å². The van der Waals surface area contributed by atoms with E-state index in [0.717, 1.165) is 13.1 Å². The summed E-state index contributed by atoms with van der Waals surface area (Å²) in [4.78, 5) is 0. The number of piperidine rings is 1. The summed E-state index contributed by atoms with van der Waals surface area (Å²) in [5.74, 6) is 0.696. The minimum atomic E-state index is 0.696. The van der Waals surface area contributed by atoms with E-state index in [1.165, 1.54) is 27.4 Å². The zero-order valence-electron chi connectivity index (χ0n) is 7.89. The Bertz CT molecular complexity index is 299. The molecule has 0 unspecified atom stereocenters. The highest BCUT2D eigenvalue weighted by molar-refractivity contribution is 9.11. The van der Waals surface area contributed by atoms with E-state index in [4.69, 9.17) is 0 Å². The Hall–Kier alpha value is 0.140. The molecule has 0 amide bonds. The Balaban J connectivity index is 2.29. The molecule has 1 saturated heterocycles. The molecule has 1 N–H and O–H groups in total. The number of nitrogens with one attached hydrogen (secondary N) is 1. The summed E-state index contributed by atoms with van der Waals surface area (Å²) < 4.78 is 2.47. The van der Waals surface area contributed by atoms with Gasteiger partial charge in [0, 0.05) is 8.95 Å². The summed E-state index contributed by atoms with van der Waals surface area (Å²) in [7, 11) is 0. The van der Waals surface area contributed by atoms with E-state index >= 15 is 0 Å². The van der Waals surface area contributed by atoms with E-state index in [1.807, 2.05) is 0 Å². The number of hydrogen-bond acceptors (Lipinski definition) is 1. The van der Waals surface area contributed by atoms with Crippen LogP contribution in [-0.2, 0) is 0 Å². The zero-order valence-corrected chi connectivity index (χ0v) is 11.1. The van der Waals surface area contributed by atoms with Crippen LogP contribution < -0.4 is 5.32 Å². The first kappa shape index (κ1) is 10.7. The van der Waals surface area contributed by atoms with Crippen molar-refractivity contribution in [1.29, 1.82) is 0 Å². The SMILES string of the molecule is Brc1cccc(Br)c1C1CCNCC1. The van der Waals surface area contributed by atoms with Crippen molar-refractivity contribution in [1.82, 2.24) is 5.32 Å². The third-order valence-electron chi connectivity index (χ3n) is 2.75. The second-order valence-electron chi connectivity index (χ2n) is 3.66. The molecule has 0 aliphatic carbocycles. The molecule has 0 bridgehead atoms. The summed E-state index contributed by atoms with van der Waals surface area (Å²) in [5.41, 5.74) is 1.44. The van der Waals surface area contributed by atoms with Crippen LogP contribution >= 0.6 is 31.9 Å². The Morgan fingerprint density at radius 2 is 1.64 bits per heavy atom. The molecule has 76 valence electrons. The van der Waals surface area contributed by atoms with Gasteiger partial charge in [-0.05, 0) is 49.5 Å². The zero-order chi connectivity index (χ0) is 9.97. The highest BCUT2D eigenvalue weighted by Gasteiger charge is 2.19. The lowest BCUT2D eigenvalue weighted by atomic mass is 9.90. The first-order valence-corrected chi connectivity index (χ1v) is 6.52. The molecule has 0 atom stereocenters. The molecule has 2 rings (SSSR count). The van der Waals surface area contributed by atoms with Crippen LogP contribution in [0.15, 0.2) is 27.1 Å². The molecule has 1 nitrogen and oxygen atoms in total. The first-order valence-electron chi connectivity index (χ1n) is 4.93. The molecule has 0 spiro atoms. The van der Waals surface area contributed by atoms with Crippen molar-refractivity contribution in [3.63, 3.8) is 0 Å². The maximum absolute atomic E-state index is 3.63. The van der Waals surface area contributed by atoms with E-state index in [0.29, 0.717) is 5.92 Å². The highest BCUT2D eigenvalue weighted by Crippen LogP contribution is 2.36. The average molecular weight is 319 g/mol. The summed E-state index contributed by atoms with van der Waals surface area (Å²) in [5, 5.41) is 3.39. The maximum atomic E-state index is 3.63. The Labute approximate surface area is 102 Å². The number of halogens is 2. The molecular formula is C11H13Br2N. The van der Waals surface area contributed by atoms with Gasteiger partial charge in [0.2, 0.25) is 0 Å². The van der Waals surface area contributed by atoms with Gasteiger partial charge >= 0.3 is 0 Å². The minimum Gasteiger partial charge on any atom is -0.317 e. The fraction of sp³-hybridized carbons (Fsp3) is 0.455. The Kier molecular flexibility index (Phi) is 3.63. The molecule has 0 saturated carbocycles. The summed E-state index contributed by atoms with van der Waals surface area (Å²) in [6.07, 6.45) is 2.47. The quantitative estimate of drug-likeness (QED) is 0.833. The maximum Gasteiger partial charge on any atom is 0.0221 e. The van der Waals surface area contributed by atoms with Gasteiger partial charge in [0.15, 0.2) is 0 Å². The largest absolute Gasteiger partial charge is 0.317 e. The van der Waals surface area contributed by atoms with Gasteiger partial charge in [-0.25, -0.2) is 0 Å². The van der Waals surface area contributed by atoms with Gasteiger partial charge in [0.25, 0.3) is 0 Å². The van der Waals surface area contributed by atoms with Crippen LogP contribution in [0.1, 0.15) is 24.3 Å². The predicted octanol–water partition coefficient (Wildman–Crippen LogP) is 3.68. The number of rotatable bonds is 1. The van der Waals surface area contributed by atoms with Crippen LogP contribution in [0.4, 0.5) is 0 Å². The third-order valence-corrected chi connectivity index (χ3v) is 4.13. The van der Waals surface area contributed by atoms with Crippen LogP contribution in [0.2, 0.25) is 0 Å². The van der Waals surface area contributed by atoms with Gasteiger partial charge in [-0.15, -0.1) is 0 Å². The van der Waals surface area contributed by atoms with Gasteiger partial charge in [-0.2, -0.15) is 0 Å². The third kappa shape index (κ3) is 2.20. The lowest BCUT2D eigenvalue weighted by Crippen LogP contribution is -2.26. The number of benzene rings is 1. The molecule has 1 aromatic rings. The molecule has 0 aromatic heterocycles. The molecule has 14 heavy (non-hydrogen) atoms. The standard InChI is InChI=1S/C11H13Br2N/c12-9-2-1-3-10(13)11(9)8-4-6-14-7-5-8/h1-3,8,14H,4-7H2. The van der Waals surface area contributed by atoms with Gasteiger partial charge < -0.3 is 5.32 Å². The molecule has 3 heteroatoms. The van der Waals surface area contributed by atoms with E-state index in [1.54, 1.807) is 0 Å². The lowest BCUT2D eigenvalue weighted by Gasteiger charge is -2.24. The van der Waals surface area contributed by atoms with Crippen molar-refractivity contribution in [3.05, 3.63) is 32.7 Å². The van der Waals surface area contributed by atoms with Crippen LogP contribution in [-0.4, -0.2) is 13.1 Å². The van der Waals surface area contributed by atoms with Crippen molar-refractivity contribution in [3.8, 4) is 0 Å². The summed E-state index contributed by atoms with van der Waals surface area (Å²) in [6, 6.07) is 6.32. The predicted molar refractivity (Wildman–Crippen MR) is 66.7 cm³/mol. The lowest BCUT2D eigenvalue weighted by molar-refractivity contribution is 0.458. The van der Waals surface area contributed by atoms with Crippen molar-refractivity contribution in [2.75, 3.05) is 13.1 Å². The van der Waals surface area contributed by atoms with Gasteiger partial charge in [0.05, 0.1) is 0 Å². The Morgan fingerprint density at radius 3 is 2.21 bits per heavy atom. The summed E-state index contributed by atoms with van der Waals surface area (Å²) in [6.45, 7) is 2.27. The topological polar surface area (TPSA) is 12.0 Å². The monoisotopic (exact) mass is 317 g/mol. The number of hydrogen-bond donors (Lipinski definition) is 1. The average Bonchev–Trinajstić information content (AvgIpc) is 2.19. The minimum absolute atomic E-state index is 0.696. The van der Waals surface area contributed by atoms with Crippen molar-refractivity contribution >= 4 is 31.9 Å². The van der Waals surface area contributed by atoms with E-state index < -0.39 is 0 Å². The van der Waals surface area contributed by atoms with Gasteiger partial charge in [0.1, 0.15) is 0 Å². The van der Waals surface area contributed by atoms with E-state index in [9.17, 15) is 0 Å². The normalized spacial score (nSPS) is 18.4. The molecule has 0 radical (unpaired) electrons. The van der Waals surface area contributed by atoms with Crippen LogP contribution in [0.3, 0.4) is 0 Å². The molecule has 1 heterocycles. The fourth-order valence-corrected chi connectivity index (χ4v) is 3.66. The van der Waals surface area contributed by atoms with Crippen LogP contribution in [0.5, 0.6) is 0 Å². The second kappa shape index (κ2) is 4.77. The van der Waals surface area contributed by atoms with Crippen LogP contribution in [0, 0.1) is 0 Å². The highest BCUT2D eigenvalue weighted by atomic mass is 79.9. The van der Waals surface area contributed by atoms with Crippen molar-refractivity contribution in [2.24, 2.45) is 0 Å². The van der Waals surface area contributed by atoms with Crippen molar-refractivity contribution < 1.29 is 0 Å². The first-order chi connectivity index (χ1) is 6.79. The second-order valence-corrected chi connectivity index (χ2v) is 5.37. The summed E-state index contributed by atoms with van der Waals surface area (Å²) >= 11 is 7.26. The molecule has 1 aliphatic heterocycles. The molecule has 1 aromatic carbocycles. The molecule has 1 aliphatic rings. The van der Waals surface area contributed by atoms with E-state index in [2.05, 4.69) is 55.4 Å². The molecular weight excluding hydrogens is 306 g/mol. The van der Waals surface area contributed by atoms with Crippen molar-refractivity contribution in [2.45, 2.75) is 18.8 Å². The Morgan fingerprint density at radius 1 is 1.07 bits per heavy atom. The smallest absolute Gasteiger partial charge is 0.0221 e. The van der Waals surface area contributed by atoms with Crippen LogP contribution in [0.25, 0.3) is 0 Å². The molecule has 1 fully saturated rings. The van der Waals surface area contributed by atoms with Gasteiger partial charge in [-0.3, -0.25) is 0 Å². The van der Waals surface area contributed by atoms with Gasteiger partial charge in [-0.1, -0.05) is 37.9 Å².